The first-order chi connectivity index (χ1) is 8.12. The van der Waals surface area contributed by atoms with Gasteiger partial charge in [0.05, 0.1) is 7.11 Å². The molecule has 0 aliphatic heterocycles. The van der Waals surface area contributed by atoms with Crippen molar-refractivity contribution in [1.29, 1.82) is 0 Å². The Morgan fingerprint density at radius 3 is 2.41 bits per heavy atom. The highest BCUT2D eigenvalue weighted by Crippen LogP contribution is 2.31. The second-order valence-corrected chi connectivity index (χ2v) is 3.95. The third-order valence-corrected chi connectivity index (χ3v) is 2.81. The van der Waals surface area contributed by atoms with Crippen LogP contribution < -0.4 is 9.64 Å². The Labute approximate surface area is 103 Å². The summed E-state index contributed by atoms with van der Waals surface area (Å²) in [6.07, 6.45) is 0. The number of anilines is 1. The maximum atomic E-state index is 10.6. The average molecular weight is 256 g/mol. The minimum absolute atomic E-state index is 0.324. The molecule has 1 aromatic carbocycles. The fourth-order valence-corrected chi connectivity index (χ4v) is 1.92. The SMILES string of the molecule is CCN(CC)c1ccc(OC)c(N=S(=O)=O)c1. The topological polar surface area (TPSA) is 59.0 Å². The zero-order valence-corrected chi connectivity index (χ0v) is 11.0. The van der Waals surface area contributed by atoms with E-state index in [0.717, 1.165) is 18.8 Å². The maximum absolute atomic E-state index is 10.6. The van der Waals surface area contributed by atoms with E-state index in [1.54, 1.807) is 12.1 Å². The van der Waals surface area contributed by atoms with Crippen LogP contribution in [-0.2, 0) is 10.5 Å². The fraction of sp³-hybridized carbons (Fsp3) is 0.455. The molecule has 0 aliphatic carbocycles. The Kier molecular flexibility index (Phi) is 4.96. The molecule has 0 radical (unpaired) electrons. The van der Waals surface area contributed by atoms with Crippen molar-refractivity contribution in [3.63, 3.8) is 0 Å². The number of hydrogen-bond donors (Lipinski definition) is 0. The minimum Gasteiger partial charge on any atom is -0.494 e. The van der Waals surface area contributed by atoms with Crippen LogP contribution in [0.4, 0.5) is 11.4 Å². The molecule has 0 spiro atoms. The summed E-state index contributed by atoms with van der Waals surface area (Å²) in [4.78, 5) is 2.10. The molecule has 0 unspecified atom stereocenters. The molecule has 0 aromatic heterocycles. The second-order valence-electron chi connectivity index (χ2n) is 3.34. The maximum Gasteiger partial charge on any atom is 0.316 e. The number of nitrogens with zero attached hydrogens (tertiary/aromatic N) is 2. The van der Waals surface area contributed by atoms with Gasteiger partial charge in [-0.1, -0.05) is 0 Å². The molecule has 6 heteroatoms. The van der Waals surface area contributed by atoms with E-state index in [9.17, 15) is 8.42 Å². The Bertz CT molecular complexity index is 499. The molecule has 1 rings (SSSR count). The minimum atomic E-state index is -2.48. The third-order valence-electron chi connectivity index (χ3n) is 2.46. The van der Waals surface area contributed by atoms with Gasteiger partial charge in [-0.3, -0.25) is 0 Å². The van der Waals surface area contributed by atoms with Gasteiger partial charge in [-0.05, 0) is 32.0 Å². The van der Waals surface area contributed by atoms with Gasteiger partial charge in [-0.25, -0.2) is 0 Å². The average Bonchev–Trinajstić information content (AvgIpc) is 2.30. The van der Waals surface area contributed by atoms with Crippen molar-refractivity contribution in [3.05, 3.63) is 18.2 Å². The van der Waals surface area contributed by atoms with E-state index in [-0.39, 0.29) is 0 Å². The van der Waals surface area contributed by atoms with Crippen molar-refractivity contribution >= 4 is 21.9 Å². The molecular weight excluding hydrogens is 240 g/mol. The Morgan fingerprint density at radius 2 is 1.94 bits per heavy atom. The summed E-state index contributed by atoms with van der Waals surface area (Å²) in [5.41, 5.74) is 1.25. The van der Waals surface area contributed by atoms with Gasteiger partial charge in [0.25, 0.3) is 0 Å². The van der Waals surface area contributed by atoms with Gasteiger partial charge in [0.15, 0.2) is 0 Å². The lowest BCUT2D eigenvalue weighted by atomic mass is 10.2. The molecule has 0 fully saturated rings. The molecule has 0 aliphatic rings. The Morgan fingerprint density at radius 1 is 1.29 bits per heavy atom. The molecule has 0 saturated heterocycles. The first-order valence-corrected chi connectivity index (χ1v) is 6.39. The third kappa shape index (κ3) is 3.45. The molecule has 0 bridgehead atoms. The number of ether oxygens (including phenoxy) is 1. The molecule has 17 heavy (non-hydrogen) atoms. The first kappa shape index (κ1) is 13.5. The standard InChI is InChI=1S/C11H16N2O3S/c1-4-13(5-2)9-6-7-11(16-3)10(8-9)12-17(14)15/h6-8H,4-5H2,1-3H3. The molecule has 0 amide bonds. The van der Waals surface area contributed by atoms with Crippen LogP contribution in [-0.4, -0.2) is 28.6 Å². The lowest BCUT2D eigenvalue weighted by Gasteiger charge is -2.21. The van der Waals surface area contributed by atoms with Crippen LogP contribution in [0, 0.1) is 0 Å². The van der Waals surface area contributed by atoms with E-state index in [4.69, 9.17) is 4.74 Å². The summed E-state index contributed by atoms with van der Waals surface area (Å²) >= 11 is 0. The Balaban J connectivity index is 3.26. The van der Waals surface area contributed by atoms with Crippen LogP contribution in [0.2, 0.25) is 0 Å². The van der Waals surface area contributed by atoms with Crippen LogP contribution in [0.1, 0.15) is 13.8 Å². The summed E-state index contributed by atoms with van der Waals surface area (Å²) in [5, 5.41) is 0. The van der Waals surface area contributed by atoms with E-state index in [1.807, 2.05) is 19.9 Å². The second kappa shape index (κ2) is 6.24. The Hall–Kier alpha value is -1.56. The molecule has 0 N–H and O–H groups in total. The highest BCUT2D eigenvalue weighted by atomic mass is 32.2. The van der Waals surface area contributed by atoms with Crippen LogP contribution >= 0.6 is 0 Å². The van der Waals surface area contributed by atoms with Gasteiger partial charge in [-0.2, -0.15) is 8.42 Å². The summed E-state index contributed by atoms with van der Waals surface area (Å²) in [5.74, 6) is 0.449. The summed E-state index contributed by atoms with van der Waals surface area (Å²) < 4.78 is 29.8. The van der Waals surface area contributed by atoms with Gasteiger partial charge in [-0.15, -0.1) is 4.36 Å². The number of rotatable bonds is 5. The fourth-order valence-electron chi connectivity index (χ4n) is 1.62. The highest BCUT2D eigenvalue weighted by molar-refractivity contribution is 7.61. The van der Waals surface area contributed by atoms with Crippen LogP contribution in [0.15, 0.2) is 22.6 Å². The van der Waals surface area contributed by atoms with Crippen molar-refractivity contribution in [2.24, 2.45) is 4.36 Å². The molecule has 0 saturated carbocycles. The number of methoxy groups -OCH3 is 1. The van der Waals surface area contributed by atoms with Gasteiger partial charge in [0.1, 0.15) is 11.4 Å². The molecule has 5 nitrogen and oxygen atoms in total. The molecule has 0 heterocycles. The van der Waals surface area contributed by atoms with Gasteiger partial charge < -0.3 is 9.64 Å². The lowest BCUT2D eigenvalue weighted by Crippen LogP contribution is -2.21. The molecular formula is C11H16N2O3S. The highest BCUT2D eigenvalue weighted by Gasteiger charge is 2.07. The monoisotopic (exact) mass is 256 g/mol. The largest absolute Gasteiger partial charge is 0.494 e. The zero-order chi connectivity index (χ0) is 12.8. The van der Waals surface area contributed by atoms with Crippen LogP contribution in [0.3, 0.4) is 0 Å². The van der Waals surface area contributed by atoms with Gasteiger partial charge in [0, 0.05) is 18.8 Å². The molecule has 94 valence electrons. The van der Waals surface area contributed by atoms with E-state index in [1.165, 1.54) is 7.11 Å². The number of hydrogen-bond acceptors (Lipinski definition) is 5. The van der Waals surface area contributed by atoms with Crippen molar-refractivity contribution < 1.29 is 13.2 Å². The van der Waals surface area contributed by atoms with E-state index < -0.39 is 10.5 Å². The zero-order valence-electron chi connectivity index (χ0n) is 10.2. The molecule has 0 atom stereocenters. The van der Waals surface area contributed by atoms with Gasteiger partial charge in [0.2, 0.25) is 0 Å². The summed E-state index contributed by atoms with van der Waals surface area (Å²) in [6.45, 7) is 5.78. The van der Waals surface area contributed by atoms with E-state index >= 15 is 0 Å². The summed E-state index contributed by atoms with van der Waals surface area (Å²) in [6, 6.07) is 5.32. The number of benzene rings is 1. The van der Waals surface area contributed by atoms with Crippen LogP contribution in [0.5, 0.6) is 5.75 Å². The van der Waals surface area contributed by atoms with E-state index in [0.29, 0.717) is 11.4 Å². The van der Waals surface area contributed by atoms with Crippen molar-refractivity contribution in [3.8, 4) is 5.75 Å². The normalized spacial score (nSPS) is 9.82. The summed E-state index contributed by atoms with van der Waals surface area (Å²) in [7, 11) is -0.992. The van der Waals surface area contributed by atoms with Crippen molar-refractivity contribution in [1.82, 2.24) is 0 Å². The van der Waals surface area contributed by atoms with Crippen LogP contribution in [0.25, 0.3) is 0 Å². The van der Waals surface area contributed by atoms with Crippen molar-refractivity contribution in [2.75, 3.05) is 25.1 Å². The smallest absolute Gasteiger partial charge is 0.316 e. The molecule has 1 aromatic rings. The van der Waals surface area contributed by atoms with E-state index in [2.05, 4.69) is 9.26 Å². The predicted octanol–water partition coefficient (Wildman–Crippen LogP) is 2.24. The van der Waals surface area contributed by atoms with Gasteiger partial charge >= 0.3 is 10.5 Å². The quantitative estimate of drug-likeness (QED) is 0.810. The predicted molar refractivity (Wildman–Crippen MR) is 67.6 cm³/mol. The first-order valence-electron chi connectivity index (χ1n) is 5.36. The lowest BCUT2D eigenvalue weighted by molar-refractivity contribution is 0.416. The van der Waals surface area contributed by atoms with Crippen molar-refractivity contribution in [2.45, 2.75) is 13.8 Å².